The molecule has 0 aliphatic carbocycles. The molecule has 0 radical (unpaired) electrons. The first-order chi connectivity index (χ1) is 20.5. The molecule has 0 amide bonds. The molecule has 1 heterocycles. The van der Waals surface area contributed by atoms with Crippen LogP contribution in [0.5, 0.6) is 23.0 Å². The fourth-order valence-electron chi connectivity index (χ4n) is 4.57. The van der Waals surface area contributed by atoms with E-state index in [0.29, 0.717) is 61.9 Å². The molecule has 3 aromatic carbocycles. The molecule has 0 bridgehead atoms. The summed E-state index contributed by atoms with van der Waals surface area (Å²) in [6.07, 6.45) is -4.08. The Labute approximate surface area is 247 Å². The van der Waals surface area contributed by atoms with E-state index in [2.05, 4.69) is 0 Å². The summed E-state index contributed by atoms with van der Waals surface area (Å²) in [4.78, 5) is 10.9. The van der Waals surface area contributed by atoms with E-state index in [1.54, 1.807) is 18.2 Å². The minimum absolute atomic E-state index is 0.0123. The second kappa shape index (κ2) is 14.0. The summed E-state index contributed by atoms with van der Waals surface area (Å²) in [5.74, 6) is 1.91. The first-order valence-electron chi connectivity index (χ1n) is 13.7. The van der Waals surface area contributed by atoms with Crippen LogP contribution in [0.3, 0.4) is 0 Å². The molecule has 1 N–H and O–H groups in total. The fourth-order valence-corrected chi connectivity index (χ4v) is 6.14. The molecule has 1 atom stereocenters. The van der Waals surface area contributed by atoms with Crippen molar-refractivity contribution in [3.05, 3.63) is 77.9 Å². The zero-order valence-corrected chi connectivity index (χ0v) is 24.2. The van der Waals surface area contributed by atoms with Crippen LogP contribution in [0.1, 0.15) is 43.7 Å². The maximum absolute atomic E-state index is 13.0. The molecule has 232 valence electrons. The van der Waals surface area contributed by atoms with Gasteiger partial charge in [-0.1, -0.05) is 13.3 Å². The minimum Gasteiger partial charge on any atom is -0.493 e. The molecule has 1 aliphatic heterocycles. The van der Waals surface area contributed by atoms with Gasteiger partial charge in [0, 0.05) is 19.4 Å². The van der Waals surface area contributed by atoms with Crippen molar-refractivity contribution in [1.29, 1.82) is 0 Å². The monoisotopic (exact) mass is 623 g/mol. The largest absolute Gasteiger partial charge is 0.507 e. The third kappa shape index (κ3) is 8.54. The highest BCUT2D eigenvalue weighted by atomic mass is 32.2. The Bertz CT molecular complexity index is 1480. The molecule has 0 unspecified atom stereocenters. The Balaban J connectivity index is 1.27. The summed E-state index contributed by atoms with van der Waals surface area (Å²) in [5.41, 5.74) is 0.156. The standard InChI is InChI=1S/C30H32F3NO8S/c1-2-5-21-20-25(41-24-9-7-22(8-10-24)30(31,32)33)13-16-27(21)40-19-4-18-39-23-11-14-26(15-12-23)43(37,38)34-17-3-6-28(34)42-29(35)36/h7-16,20,28H,2-6,17-19H2,1H3,(H,35,36)/t28-/m1/s1. The number of carbonyl (C=O) groups is 1. The van der Waals surface area contributed by atoms with Crippen molar-refractivity contribution in [2.24, 2.45) is 0 Å². The molecule has 1 saturated heterocycles. The van der Waals surface area contributed by atoms with Gasteiger partial charge in [0.25, 0.3) is 0 Å². The topological polar surface area (TPSA) is 112 Å². The molecule has 1 aliphatic rings. The van der Waals surface area contributed by atoms with Crippen molar-refractivity contribution in [3.63, 3.8) is 0 Å². The van der Waals surface area contributed by atoms with E-state index < -0.39 is 34.1 Å². The van der Waals surface area contributed by atoms with Gasteiger partial charge in [-0.2, -0.15) is 17.5 Å². The van der Waals surface area contributed by atoms with Crippen LogP contribution in [0, 0.1) is 0 Å². The number of halogens is 3. The van der Waals surface area contributed by atoms with Gasteiger partial charge in [-0.05, 0) is 85.1 Å². The lowest BCUT2D eigenvalue weighted by Gasteiger charge is -2.22. The van der Waals surface area contributed by atoms with Gasteiger partial charge in [-0.25, -0.2) is 13.2 Å². The molecule has 0 spiro atoms. The number of rotatable bonds is 13. The third-order valence-corrected chi connectivity index (χ3v) is 8.50. The SMILES string of the molecule is CCCc1cc(Oc2ccc(C(F)(F)F)cc2)ccc1OCCCOc1ccc(S(=O)(=O)N2CCC[C@H]2OC(=O)O)cc1. The van der Waals surface area contributed by atoms with Crippen molar-refractivity contribution >= 4 is 16.2 Å². The van der Waals surface area contributed by atoms with Gasteiger partial charge in [-0.15, -0.1) is 0 Å². The zero-order chi connectivity index (χ0) is 31.0. The molecule has 4 rings (SSSR count). The second-order valence-corrected chi connectivity index (χ2v) is 11.7. The fraction of sp³-hybridized carbons (Fsp3) is 0.367. The number of nitrogens with zero attached hydrogens (tertiary/aromatic N) is 1. The minimum atomic E-state index is -4.41. The number of hydrogen-bond donors (Lipinski definition) is 1. The Hall–Kier alpha value is -3.97. The predicted octanol–water partition coefficient (Wildman–Crippen LogP) is 7.10. The first-order valence-corrected chi connectivity index (χ1v) is 15.2. The zero-order valence-electron chi connectivity index (χ0n) is 23.4. The van der Waals surface area contributed by atoms with E-state index in [1.807, 2.05) is 6.92 Å². The molecular formula is C30H32F3NO8S. The quantitative estimate of drug-likeness (QED) is 0.159. The summed E-state index contributed by atoms with van der Waals surface area (Å²) in [6.45, 7) is 2.85. The lowest BCUT2D eigenvalue weighted by atomic mass is 10.1. The van der Waals surface area contributed by atoms with Crippen LogP contribution < -0.4 is 14.2 Å². The summed E-state index contributed by atoms with van der Waals surface area (Å²) < 4.78 is 87.5. The second-order valence-electron chi connectivity index (χ2n) is 9.76. The van der Waals surface area contributed by atoms with Crippen LogP contribution in [-0.2, 0) is 27.4 Å². The van der Waals surface area contributed by atoms with Gasteiger partial charge in [0.05, 0.1) is 23.7 Å². The lowest BCUT2D eigenvalue weighted by molar-refractivity contribution is -0.137. The highest BCUT2D eigenvalue weighted by Crippen LogP contribution is 2.33. The average molecular weight is 624 g/mol. The molecule has 43 heavy (non-hydrogen) atoms. The summed E-state index contributed by atoms with van der Waals surface area (Å²) >= 11 is 0. The van der Waals surface area contributed by atoms with Gasteiger partial charge in [0.1, 0.15) is 23.0 Å². The number of benzene rings is 3. The number of hydrogen-bond acceptors (Lipinski definition) is 7. The molecule has 0 saturated carbocycles. The number of alkyl halides is 3. The van der Waals surface area contributed by atoms with E-state index >= 15 is 0 Å². The van der Waals surface area contributed by atoms with E-state index in [1.165, 1.54) is 36.4 Å². The van der Waals surface area contributed by atoms with Gasteiger partial charge in [0.2, 0.25) is 10.0 Å². The molecule has 9 nitrogen and oxygen atoms in total. The molecule has 13 heteroatoms. The Morgan fingerprint density at radius 3 is 2.26 bits per heavy atom. The number of carboxylic acid groups (broad SMARTS) is 1. The Kier molecular flexibility index (Phi) is 10.4. The molecular weight excluding hydrogens is 591 g/mol. The highest BCUT2D eigenvalue weighted by molar-refractivity contribution is 7.89. The van der Waals surface area contributed by atoms with Crippen LogP contribution in [0.2, 0.25) is 0 Å². The molecule has 0 aromatic heterocycles. The smallest absolute Gasteiger partial charge is 0.493 e. The number of ether oxygens (including phenoxy) is 4. The maximum atomic E-state index is 13.0. The maximum Gasteiger partial charge on any atom is 0.507 e. The average Bonchev–Trinajstić information content (AvgIpc) is 3.42. The summed E-state index contributed by atoms with van der Waals surface area (Å²) in [5, 5.41) is 8.87. The van der Waals surface area contributed by atoms with E-state index in [0.717, 1.165) is 28.4 Å². The molecule has 1 fully saturated rings. The summed E-state index contributed by atoms with van der Waals surface area (Å²) in [7, 11) is -3.93. The van der Waals surface area contributed by atoms with E-state index in [-0.39, 0.29) is 11.4 Å². The van der Waals surface area contributed by atoms with Crippen LogP contribution in [0.4, 0.5) is 18.0 Å². The van der Waals surface area contributed by atoms with Gasteiger partial charge < -0.3 is 24.1 Å². The van der Waals surface area contributed by atoms with E-state index in [4.69, 9.17) is 24.1 Å². The Morgan fingerprint density at radius 1 is 0.953 bits per heavy atom. The van der Waals surface area contributed by atoms with Crippen LogP contribution in [0.15, 0.2) is 71.6 Å². The van der Waals surface area contributed by atoms with Gasteiger partial charge >= 0.3 is 12.3 Å². The highest BCUT2D eigenvalue weighted by Gasteiger charge is 2.37. The third-order valence-electron chi connectivity index (χ3n) is 6.60. The van der Waals surface area contributed by atoms with Crippen LogP contribution >= 0.6 is 0 Å². The Morgan fingerprint density at radius 2 is 1.60 bits per heavy atom. The van der Waals surface area contributed by atoms with Gasteiger partial charge in [0.15, 0.2) is 6.23 Å². The van der Waals surface area contributed by atoms with Crippen molar-refractivity contribution < 1.29 is 50.4 Å². The van der Waals surface area contributed by atoms with Crippen LogP contribution in [-0.4, -0.2) is 50.0 Å². The van der Waals surface area contributed by atoms with Crippen LogP contribution in [0.25, 0.3) is 0 Å². The van der Waals surface area contributed by atoms with E-state index in [9.17, 15) is 26.4 Å². The summed E-state index contributed by atoms with van der Waals surface area (Å²) in [6, 6.07) is 15.6. The number of aryl methyl sites for hydroxylation is 1. The molecule has 3 aromatic rings. The van der Waals surface area contributed by atoms with Crippen molar-refractivity contribution in [1.82, 2.24) is 4.31 Å². The van der Waals surface area contributed by atoms with Crippen molar-refractivity contribution in [2.45, 2.75) is 56.3 Å². The van der Waals surface area contributed by atoms with Crippen molar-refractivity contribution in [2.75, 3.05) is 19.8 Å². The lowest BCUT2D eigenvalue weighted by Crippen LogP contribution is -2.38. The normalized spacial score (nSPS) is 15.7. The predicted molar refractivity (Wildman–Crippen MR) is 150 cm³/mol. The first kappa shape index (κ1) is 32.0. The van der Waals surface area contributed by atoms with Gasteiger partial charge in [-0.3, -0.25) is 0 Å². The number of sulfonamides is 1. The van der Waals surface area contributed by atoms with Crippen molar-refractivity contribution in [3.8, 4) is 23.0 Å².